The van der Waals surface area contributed by atoms with E-state index in [-0.39, 0.29) is 34.9 Å². The molecule has 218 valence electrons. The maximum atomic E-state index is 13.0. The molecular weight excluding hydrogens is 569 g/mol. The Balaban J connectivity index is 1.50. The number of nitrogens with zero attached hydrogens (tertiary/aromatic N) is 5. The van der Waals surface area contributed by atoms with Gasteiger partial charge in [-0.3, -0.25) is 4.79 Å². The zero-order valence-corrected chi connectivity index (χ0v) is 23.0. The highest BCUT2D eigenvalue weighted by atomic mass is 32.2. The predicted molar refractivity (Wildman–Crippen MR) is 137 cm³/mol. The fourth-order valence-electron chi connectivity index (χ4n) is 3.70. The Kier molecular flexibility index (Phi) is 8.44. The van der Waals surface area contributed by atoms with Crippen LogP contribution in [-0.2, 0) is 26.1 Å². The summed E-state index contributed by atoms with van der Waals surface area (Å²) < 4.78 is 80.9. The highest BCUT2D eigenvalue weighted by molar-refractivity contribution is 7.89. The van der Waals surface area contributed by atoms with Gasteiger partial charge in [0.25, 0.3) is 5.89 Å². The molecule has 2 aromatic heterocycles. The molecule has 0 aliphatic rings. The number of carbonyl (C=O) groups is 1. The number of methoxy groups -OCH3 is 1. The van der Waals surface area contributed by atoms with Gasteiger partial charge in [-0.2, -0.15) is 9.71 Å². The molecule has 0 saturated carbocycles. The third-order valence-electron chi connectivity index (χ3n) is 5.77. The van der Waals surface area contributed by atoms with Gasteiger partial charge in [0.05, 0.1) is 18.6 Å². The molecule has 2 aromatic carbocycles. The summed E-state index contributed by atoms with van der Waals surface area (Å²) in [5.41, 5.74) is 0.961. The molecule has 16 heteroatoms. The van der Waals surface area contributed by atoms with Crippen molar-refractivity contribution in [2.45, 2.75) is 44.6 Å². The first-order valence-electron chi connectivity index (χ1n) is 12.1. The molecular formula is C25H25F3N6O6S. The van der Waals surface area contributed by atoms with Gasteiger partial charge in [0.1, 0.15) is 17.6 Å². The smallest absolute Gasteiger partial charge is 0.468 e. The molecule has 0 radical (unpaired) electrons. The number of nitrogens with one attached hydrogen (secondary N) is 1. The molecule has 0 saturated heterocycles. The van der Waals surface area contributed by atoms with Gasteiger partial charge in [-0.25, -0.2) is 18.1 Å². The second-order valence-electron chi connectivity index (χ2n) is 9.15. The van der Waals surface area contributed by atoms with E-state index in [9.17, 15) is 26.4 Å². The van der Waals surface area contributed by atoms with E-state index in [1.54, 1.807) is 32.9 Å². The normalized spacial score (nSPS) is 12.9. The number of aryl methyl sites for hydroxylation is 1. The van der Waals surface area contributed by atoms with Crippen molar-refractivity contribution in [1.29, 1.82) is 0 Å². The quantitative estimate of drug-likeness (QED) is 0.269. The minimum absolute atomic E-state index is 0.0273. The van der Waals surface area contributed by atoms with Crippen LogP contribution >= 0.6 is 0 Å². The molecule has 1 atom stereocenters. The largest absolute Gasteiger partial charge is 0.573 e. The van der Waals surface area contributed by atoms with E-state index in [4.69, 9.17) is 9.26 Å². The summed E-state index contributed by atoms with van der Waals surface area (Å²) in [4.78, 5) is 20.5. The van der Waals surface area contributed by atoms with E-state index >= 15 is 0 Å². The Morgan fingerprint density at radius 3 is 2.44 bits per heavy atom. The van der Waals surface area contributed by atoms with Gasteiger partial charge < -0.3 is 14.0 Å². The van der Waals surface area contributed by atoms with Crippen molar-refractivity contribution >= 4 is 16.0 Å². The SMILES string of the molecule is COC(=O)[C@@H](NS(=O)(=O)c1cccc(Cn2nc(-c3nc(-c4ccc(OC(F)(F)F)cc4)no3)nc2C)c1)C(C)C. The highest BCUT2D eigenvalue weighted by Gasteiger charge is 2.31. The summed E-state index contributed by atoms with van der Waals surface area (Å²) in [6.45, 7) is 5.22. The maximum absolute atomic E-state index is 13.0. The molecule has 41 heavy (non-hydrogen) atoms. The van der Waals surface area contributed by atoms with Gasteiger partial charge in [0.15, 0.2) is 0 Å². The molecule has 1 N–H and O–H groups in total. The number of halogens is 3. The first-order valence-corrected chi connectivity index (χ1v) is 13.5. The fourth-order valence-corrected chi connectivity index (χ4v) is 5.10. The Morgan fingerprint density at radius 1 is 1.10 bits per heavy atom. The topological polar surface area (TPSA) is 151 Å². The van der Waals surface area contributed by atoms with Gasteiger partial charge in [0, 0.05) is 5.56 Å². The number of esters is 1. The Morgan fingerprint density at radius 2 is 1.80 bits per heavy atom. The van der Waals surface area contributed by atoms with Crippen LogP contribution in [0.25, 0.3) is 23.1 Å². The van der Waals surface area contributed by atoms with Crippen LogP contribution in [-0.4, -0.2) is 58.8 Å². The van der Waals surface area contributed by atoms with Crippen molar-refractivity contribution in [1.82, 2.24) is 29.6 Å². The standard InChI is InChI=1S/C25H25F3N6O6S/c1-14(2)20(24(35)38-4)33-41(36,37)19-7-5-6-16(12-19)13-34-15(3)29-22(31-34)23-30-21(32-40-23)17-8-10-18(11-9-17)39-25(26,27)28/h5-12,14,20,33H,13H2,1-4H3/t20-/m0/s1. The van der Waals surface area contributed by atoms with E-state index in [1.807, 2.05) is 0 Å². The van der Waals surface area contributed by atoms with Crippen LogP contribution in [0, 0.1) is 12.8 Å². The van der Waals surface area contributed by atoms with Gasteiger partial charge >= 0.3 is 12.3 Å². The number of hydrogen-bond donors (Lipinski definition) is 1. The predicted octanol–water partition coefficient (Wildman–Crippen LogP) is 3.73. The average Bonchev–Trinajstić information content (AvgIpc) is 3.54. The molecule has 0 aliphatic heterocycles. The van der Waals surface area contributed by atoms with Crippen LogP contribution in [0.3, 0.4) is 0 Å². The van der Waals surface area contributed by atoms with Crippen molar-refractivity contribution in [2.75, 3.05) is 7.11 Å². The summed E-state index contributed by atoms with van der Waals surface area (Å²) in [5.74, 6) is -0.791. The first-order chi connectivity index (χ1) is 19.3. The molecule has 2 heterocycles. The molecule has 0 fully saturated rings. The Bertz CT molecular complexity index is 1630. The summed E-state index contributed by atoms with van der Waals surface area (Å²) in [6, 6.07) is 10.0. The number of rotatable bonds is 10. The first kappa shape index (κ1) is 29.7. The molecule has 0 aliphatic carbocycles. The van der Waals surface area contributed by atoms with E-state index in [0.29, 0.717) is 17.0 Å². The molecule has 0 amide bonds. The van der Waals surface area contributed by atoms with Crippen LogP contribution in [0.5, 0.6) is 5.75 Å². The lowest BCUT2D eigenvalue weighted by atomic mass is 10.1. The molecule has 12 nitrogen and oxygen atoms in total. The number of carbonyl (C=O) groups excluding carboxylic acids is 1. The number of benzene rings is 2. The summed E-state index contributed by atoms with van der Waals surface area (Å²) in [7, 11) is -2.87. The van der Waals surface area contributed by atoms with Gasteiger partial charge in [-0.1, -0.05) is 31.1 Å². The van der Waals surface area contributed by atoms with Crippen LogP contribution in [0.2, 0.25) is 0 Å². The van der Waals surface area contributed by atoms with Crippen molar-refractivity contribution in [3.63, 3.8) is 0 Å². The van der Waals surface area contributed by atoms with Gasteiger partial charge in [-0.15, -0.1) is 18.3 Å². The minimum atomic E-state index is -4.81. The second kappa shape index (κ2) is 11.7. The van der Waals surface area contributed by atoms with Crippen LogP contribution < -0.4 is 9.46 Å². The third kappa shape index (κ3) is 7.26. The molecule has 4 rings (SSSR count). The number of alkyl halides is 3. The minimum Gasteiger partial charge on any atom is -0.468 e. The van der Waals surface area contributed by atoms with Crippen LogP contribution in [0.1, 0.15) is 25.2 Å². The number of aromatic nitrogens is 5. The number of hydrogen-bond acceptors (Lipinski definition) is 10. The Labute approximate surface area is 232 Å². The second-order valence-corrected chi connectivity index (χ2v) is 10.9. The van der Waals surface area contributed by atoms with Crippen molar-refractivity contribution in [2.24, 2.45) is 5.92 Å². The average molecular weight is 595 g/mol. The molecule has 0 bridgehead atoms. The van der Waals surface area contributed by atoms with Crippen molar-refractivity contribution in [3.8, 4) is 28.9 Å². The lowest BCUT2D eigenvalue weighted by Gasteiger charge is -2.20. The molecule has 0 spiro atoms. The van der Waals surface area contributed by atoms with E-state index in [2.05, 4.69) is 29.7 Å². The van der Waals surface area contributed by atoms with Crippen molar-refractivity contribution in [3.05, 3.63) is 59.9 Å². The molecule has 4 aromatic rings. The third-order valence-corrected chi connectivity index (χ3v) is 7.20. The number of ether oxygens (including phenoxy) is 2. The van der Waals surface area contributed by atoms with Crippen LogP contribution in [0.4, 0.5) is 13.2 Å². The van der Waals surface area contributed by atoms with Gasteiger partial charge in [0.2, 0.25) is 21.7 Å². The summed E-state index contributed by atoms with van der Waals surface area (Å²) in [6.07, 6.45) is -4.81. The number of sulfonamides is 1. The van der Waals surface area contributed by atoms with E-state index < -0.39 is 34.1 Å². The zero-order chi connectivity index (χ0) is 29.9. The molecule has 0 unspecified atom stereocenters. The lowest BCUT2D eigenvalue weighted by Crippen LogP contribution is -2.44. The summed E-state index contributed by atoms with van der Waals surface area (Å²) in [5, 5.41) is 8.21. The monoisotopic (exact) mass is 594 g/mol. The maximum Gasteiger partial charge on any atom is 0.573 e. The fraction of sp³-hybridized carbons (Fsp3) is 0.320. The Hall–Kier alpha value is -4.31. The van der Waals surface area contributed by atoms with Gasteiger partial charge in [-0.05, 0) is 54.8 Å². The highest BCUT2D eigenvalue weighted by Crippen LogP contribution is 2.26. The van der Waals surface area contributed by atoms with E-state index in [0.717, 1.165) is 12.1 Å². The van der Waals surface area contributed by atoms with E-state index in [1.165, 1.54) is 36.1 Å². The van der Waals surface area contributed by atoms with Crippen LogP contribution in [0.15, 0.2) is 57.9 Å². The summed E-state index contributed by atoms with van der Waals surface area (Å²) >= 11 is 0. The van der Waals surface area contributed by atoms with Crippen molar-refractivity contribution < 1.29 is 40.4 Å². The zero-order valence-electron chi connectivity index (χ0n) is 22.2. The lowest BCUT2D eigenvalue weighted by molar-refractivity contribution is -0.274.